The summed E-state index contributed by atoms with van der Waals surface area (Å²) >= 11 is 0. The van der Waals surface area contributed by atoms with Crippen molar-refractivity contribution < 1.29 is 28.7 Å². The number of rotatable bonds is 8. The zero-order valence-electron chi connectivity index (χ0n) is 11.4. The van der Waals surface area contributed by atoms with Crippen molar-refractivity contribution in [2.75, 3.05) is 26.3 Å². The van der Waals surface area contributed by atoms with Crippen LogP contribution < -0.4 is 10.6 Å². The van der Waals surface area contributed by atoms with Gasteiger partial charge in [-0.05, 0) is 13.8 Å². The third kappa shape index (κ3) is 9.63. The van der Waals surface area contributed by atoms with Crippen LogP contribution in [0.3, 0.4) is 0 Å². The number of carbonyl (C=O) groups is 4. The molecule has 0 saturated heterocycles. The van der Waals surface area contributed by atoms with Crippen LogP contribution in [0.5, 0.6) is 0 Å². The maximum Gasteiger partial charge on any atom is 0.325 e. The normalized spacial score (nSPS) is 9.90. The van der Waals surface area contributed by atoms with Crippen LogP contribution in [0.1, 0.15) is 13.8 Å². The molecule has 0 aromatic carbocycles. The Morgan fingerprint density at radius 1 is 0.800 bits per heavy atom. The molecule has 20 heavy (non-hydrogen) atoms. The Balaban J connectivity index is 3.91. The second kappa shape index (κ2) is 10.5. The average molecular weight is 286 g/mol. The molecular weight excluding hydrogens is 268 g/mol. The van der Waals surface area contributed by atoms with E-state index < -0.39 is 23.8 Å². The van der Waals surface area contributed by atoms with Gasteiger partial charge in [-0.15, -0.1) is 0 Å². The Morgan fingerprint density at radius 3 is 1.45 bits per heavy atom. The van der Waals surface area contributed by atoms with Crippen LogP contribution in [0.4, 0.5) is 0 Å². The topological polar surface area (TPSA) is 111 Å². The fourth-order valence-electron chi connectivity index (χ4n) is 1.01. The highest BCUT2D eigenvalue weighted by Crippen LogP contribution is 1.80. The third-order valence-electron chi connectivity index (χ3n) is 1.81. The number of hydrogen-bond acceptors (Lipinski definition) is 6. The second-order valence-corrected chi connectivity index (χ2v) is 3.38. The SMILES string of the molecule is CCOC(=O)CNC(=O)/C=C/C(=O)NCC(=O)OCC. The van der Waals surface area contributed by atoms with Gasteiger partial charge in [0.25, 0.3) is 0 Å². The molecule has 2 amide bonds. The highest BCUT2D eigenvalue weighted by molar-refractivity contribution is 5.98. The lowest BCUT2D eigenvalue weighted by Crippen LogP contribution is -2.31. The van der Waals surface area contributed by atoms with E-state index in [2.05, 4.69) is 20.1 Å². The first-order valence-corrected chi connectivity index (χ1v) is 6.04. The number of ether oxygens (including phenoxy) is 2. The van der Waals surface area contributed by atoms with Gasteiger partial charge in [-0.25, -0.2) is 0 Å². The quantitative estimate of drug-likeness (QED) is 0.433. The highest BCUT2D eigenvalue weighted by atomic mass is 16.5. The lowest BCUT2D eigenvalue weighted by atomic mass is 10.4. The molecule has 0 fully saturated rings. The first kappa shape index (κ1) is 17.6. The molecule has 0 aromatic rings. The molecule has 2 N–H and O–H groups in total. The van der Waals surface area contributed by atoms with Gasteiger partial charge in [0.1, 0.15) is 13.1 Å². The van der Waals surface area contributed by atoms with Crippen LogP contribution in [0.2, 0.25) is 0 Å². The van der Waals surface area contributed by atoms with Crippen molar-refractivity contribution in [2.24, 2.45) is 0 Å². The summed E-state index contributed by atoms with van der Waals surface area (Å²) in [7, 11) is 0. The van der Waals surface area contributed by atoms with E-state index in [4.69, 9.17) is 0 Å². The van der Waals surface area contributed by atoms with Gasteiger partial charge in [0, 0.05) is 12.2 Å². The summed E-state index contributed by atoms with van der Waals surface area (Å²) in [4.78, 5) is 44.3. The van der Waals surface area contributed by atoms with Crippen molar-refractivity contribution in [3.05, 3.63) is 12.2 Å². The van der Waals surface area contributed by atoms with Gasteiger partial charge < -0.3 is 20.1 Å². The van der Waals surface area contributed by atoms with E-state index in [1.54, 1.807) is 13.8 Å². The van der Waals surface area contributed by atoms with Gasteiger partial charge in [-0.2, -0.15) is 0 Å². The molecule has 8 nitrogen and oxygen atoms in total. The van der Waals surface area contributed by atoms with E-state index in [0.717, 1.165) is 12.2 Å². The van der Waals surface area contributed by atoms with Crippen LogP contribution >= 0.6 is 0 Å². The molecule has 0 heterocycles. The van der Waals surface area contributed by atoms with Crippen LogP contribution in [0, 0.1) is 0 Å². The summed E-state index contributed by atoms with van der Waals surface area (Å²) in [6, 6.07) is 0. The minimum absolute atomic E-state index is 0.223. The van der Waals surface area contributed by atoms with Crippen molar-refractivity contribution >= 4 is 23.8 Å². The number of carbonyl (C=O) groups excluding carboxylic acids is 4. The highest BCUT2D eigenvalue weighted by Gasteiger charge is 2.05. The summed E-state index contributed by atoms with van der Waals surface area (Å²) < 4.78 is 9.19. The van der Waals surface area contributed by atoms with Crippen LogP contribution in [0.15, 0.2) is 12.2 Å². The number of nitrogens with one attached hydrogen (secondary N) is 2. The van der Waals surface area contributed by atoms with Crippen molar-refractivity contribution in [1.29, 1.82) is 0 Å². The Labute approximate surface area is 116 Å². The van der Waals surface area contributed by atoms with Crippen molar-refractivity contribution in [1.82, 2.24) is 10.6 Å². The molecule has 0 aromatic heterocycles. The average Bonchev–Trinajstić information content (AvgIpc) is 2.41. The van der Waals surface area contributed by atoms with Gasteiger partial charge in [-0.3, -0.25) is 19.2 Å². The molecule has 0 spiro atoms. The minimum Gasteiger partial charge on any atom is -0.465 e. The van der Waals surface area contributed by atoms with Crippen LogP contribution in [-0.2, 0) is 28.7 Å². The van der Waals surface area contributed by atoms with Crippen molar-refractivity contribution in [2.45, 2.75) is 13.8 Å². The largest absolute Gasteiger partial charge is 0.465 e. The van der Waals surface area contributed by atoms with E-state index in [1.165, 1.54) is 0 Å². The molecule has 0 aliphatic rings. The molecule has 0 radical (unpaired) electrons. The zero-order chi connectivity index (χ0) is 15.4. The van der Waals surface area contributed by atoms with E-state index in [0.29, 0.717) is 0 Å². The maximum absolute atomic E-state index is 11.2. The Bertz CT molecular complexity index is 355. The number of esters is 2. The Hall–Kier alpha value is -2.38. The van der Waals surface area contributed by atoms with Crippen molar-refractivity contribution in [3.63, 3.8) is 0 Å². The molecule has 0 rings (SSSR count). The smallest absolute Gasteiger partial charge is 0.325 e. The third-order valence-corrected chi connectivity index (χ3v) is 1.81. The molecule has 112 valence electrons. The summed E-state index contributed by atoms with van der Waals surface area (Å²) in [5.74, 6) is -2.38. The number of amides is 2. The molecule has 0 aliphatic carbocycles. The second-order valence-electron chi connectivity index (χ2n) is 3.38. The van der Waals surface area contributed by atoms with E-state index >= 15 is 0 Å². The predicted molar refractivity (Wildman–Crippen MR) is 68.4 cm³/mol. The molecular formula is C12H18N2O6. The van der Waals surface area contributed by atoms with Gasteiger partial charge in [0.2, 0.25) is 11.8 Å². The Kier molecular flexibility index (Phi) is 9.28. The summed E-state index contributed by atoms with van der Waals surface area (Å²) in [6.45, 7) is 3.19. The van der Waals surface area contributed by atoms with Crippen LogP contribution in [0.25, 0.3) is 0 Å². The summed E-state index contributed by atoms with van der Waals surface area (Å²) in [5.41, 5.74) is 0. The van der Waals surface area contributed by atoms with Crippen molar-refractivity contribution in [3.8, 4) is 0 Å². The zero-order valence-corrected chi connectivity index (χ0v) is 11.4. The Morgan fingerprint density at radius 2 is 1.15 bits per heavy atom. The van der Waals surface area contributed by atoms with Gasteiger partial charge in [0.15, 0.2) is 0 Å². The fraction of sp³-hybridized carbons (Fsp3) is 0.500. The standard InChI is InChI=1S/C12H18N2O6/c1-3-19-11(17)7-13-9(15)5-6-10(16)14-8-12(18)20-4-2/h5-6H,3-4,7-8H2,1-2H3,(H,13,15)(H,14,16)/b6-5+. The molecule has 0 saturated carbocycles. The fourth-order valence-corrected chi connectivity index (χ4v) is 1.01. The molecule has 0 atom stereocenters. The summed E-state index contributed by atoms with van der Waals surface area (Å²) in [5, 5.41) is 4.47. The summed E-state index contributed by atoms with van der Waals surface area (Å²) in [6.07, 6.45) is 1.89. The number of hydrogen-bond donors (Lipinski definition) is 2. The lowest BCUT2D eigenvalue weighted by molar-refractivity contribution is -0.143. The molecule has 0 unspecified atom stereocenters. The molecule has 0 aliphatic heterocycles. The minimum atomic E-state index is -0.621. The predicted octanol–water partition coefficient (Wildman–Crippen LogP) is -1.10. The lowest BCUT2D eigenvalue weighted by Gasteiger charge is -2.02. The van der Waals surface area contributed by atoms with Crippen LogP contribution in [-0.4, -0.2) is 50.1 Å². The molecule has 8 heteroatoms. The van der Waals surface area contributed by atoms with E-state index in [-0.39, 0.29) is 26.3 Å². The first-order chi connectivity index (χ1) is 9.49. The van der Waals surface area contributed by atoms with E-state index in [9.17, 15) is 19.2 Å². The van der Waals surface area contributed by atoms with Gasteiger partial charge >= 0.3 is 11.9 Å². The van der Waals surface area contributed by atoms with Gasteiger partial charge in [0.05, 0.1) is 13.2 Å². The maximum atomic E-state index is 11.2. The monoisotopic (exact) mass is 286 g/mol. The first-order valence-electron chi connectivity index (χ1n) is 6.04. The molecule has 0 bridgehead atoms. The van der Waals surface area contributed by atoms with Gasteiger partial charge in [-0.1, -0.05) is 0 Å². The van der Waals surface area contributed by atoms with E-state index in [1.807, 2.05) is 0 Å².